The fourth-order valence-electron chi connectivity index (χ4n) is 2.78. The van der Waals surface area contributed by atoms with E-state index in [0.29, 0.717) is 30.3 Å². The van der Waals surface area contributed by atoms with Crippen molar-refractivity contribution in [2.24, 2.45) is 5.92 Å². The third kappa shape index (κ3) is 5.48. The van der Waals surface area contributed by atoms with Crippen LogP contribution in [0.25, 0.3) is 0 Å². The molecule has 0 bridgehead atoms. The summed E-state index contributed by atoms with van der Waals surface area (Å²) >= 11 is 0. The highest BCUT2D eigenvalue weighted by atomic mass is 16.5. The lowest BCUT2D eigenvalue weighted by molar-refractivity contribution is -0.151. The van der Waals surface area contributed by atoms with E-state index in [1.807, 2.05) is 0 Å². The van der Waals surface area contributed by atoms with Gasteiger partial charge in [0.2, 0.25) is 0 Å². The van der Waals surface area contributed by atoms with Gasteiger partial charge >= 0.3 is 5.97 Å². The second kappa shape index (κ2) is 9.05. The molecular formula is C18H24N2O5. The predicted molar refractivity (Wildman–Crippen MR) is 91.3 cm³/mol. The van der Waals surface area contributed by atoms with Crippen LogP contribution < -0.4 is 10.1 Å². The first-order chi connectivity index (χ1) is 12.0. The van der Waals surface area contributed by atoms with Crippen molar-refractivity contribution in [1.29, 1.82) is 0 Å². The Labute approximate surface area is 147 Å². The summed E-state index contributed by atoms with van der Waals surface area (Å²) in [5.41, 5.74) is 0.330. The Hall–Kier alpha value is -2.57. The maximum Gasteiger partial charge on any atom is 0.325 e. The van der Waals surface area contributed by atoms with Crippen molar-refractivity contribution in [3.05, 3.63) is 29.8 Å². The lowest BCUT2D eigenvalue weighted by Gasteiger charge is -2.30. The van der Waals surface area contributed by atoms with E-state index >= 15 is 0 Å². The summed E-state index contributed by atoms with van der Waals surface area (Å²) in [4.78, 5) is 37.6. The quantitative estimate of drug-likeness (QED) is 0.782. The molecule has 1 saturated heterocycles. The number of ether oxygens (including phenoxy) is 2. The van der Waals surface area contributed by atoms with Gasteiger partial charge in [-0.25, -0.2) is 0 Å². The minimum atomic E-state index is -0.651. The maximum atomic E-state index is 12.1. The van der Waals surface area contributed by atoms with E-state index in [2.05, 4.69) is 12.2 Å². The van der Waals surface area contributed by atoms with E-state index in [4.69, 9.17) is 9.47 Å². The van der Waals surface area contributed by atoms with Gasteiger partial charge in [-0.2, -0.15) is 0 Å². The molecule has 0 aromatic heterocycles. The number of esters is 1. The van der Waals surface area contributed by atoms with Crippen LogP contribution in [0.5, 0.6) is 5.75 Å². The highest BCUT2D eigenvalue weighted by molar-refractivity contribution is 5.98. The van der Waals surface area contributed by atoms with Crippen LogP contribution in [0.1, 0.15) is 30.1 Å². The molecule has 1 aliphatic rings. The average Bonchev–Trinajstić information content (AvgIpc) is 2.64. The second-order valence-electron chi connectivity index (χ2n) is 6.13. The first kappa shape index (κ1) is 18.8. The van der Waals surface area contributed by atoms with Crippen LogP contribution in [0, 0.1) is 5.92 Å². The maximum absolute atomic E-state index is 12.1. The molecule has 1 heterocycles. The molecule has 7 nitrogen and oxygen atoms in total. The van der Waals surface area contributed by atoms with Crippen molar-refractivity contribution in [1.82, 2.24) is 10.2 Å². The molecular weight excluding hydrogens is 324 g/mol. The summed E-state index contributed by atoms with van der Waals surface area (Å²) in [7, 11) is 1.47. The molecule has 1 N–H and O–H groups in total. The third-order valence-electron chi connectivity index (χ3n) is 4.11. The van der Waals surface area contributed by atoms with Crippen LogP contribution in [-0.2, 0) is 14.3 Å². The van der Waals surface area contributed by atoms with Crippen LogP contribution in [-0.4, -0.2) is 56.0 Å². The molecule has 136 valence electrons. The van der Waals surface area contributed by atoms with Gasteiger partial charge in [0, 0.05) is 13.1 Å². The zero-order valence-electron chi connectivity index (χ0n) is 14.6. The number of methoxy groups -OCH3 is 1. The molecule has 25 heavy (non-hydrogen) atoms. The number of para-hydroxylation sites is 1. The van der Waals surface area contributed by atoms with Gasteiger partial charge in [-0.1, -0.05) is 19.1 Å². The molecule has 1 atom stereocenters. The number of hydrogen-bond acceptors (Lipinski definition) is 5. The Morgan fingerprint density at radius 1 is 1.28 bits per heavy atom. The second-order valence-corrected chi connectivity index (χ2v) is 6.13. The van der Waals surface area contributed by atoms with Crippen LogP contribution >= 0.6 is 0 Å². The number of likely N-dealkylation sites (tertiary alicyclic amines) is 1. The van der Waals surface area contributed by atoms with E-state index < -0.39 is 11.9 Å². The van der Waals surface area contributed by atoms with E-state index in [1.54, 1.807) is 29.2 Å². The number of nitrogens with zero attached hydrogens (tertiary/aromatic N) is 1. The molecule has 0 saturated carbocycles. The largest absolute Gasteiger partial charge is 0.496 e. The molecule has 0 aliphatic carbocycles. The molecule has 0 unspecified atom stereocenters. The highest BCUT2D eigenvalue weighted by Gasteiger charge is 2.22. The van der Waals surface area contributed by atoms with Crippen LogP contribution in [0.2, 0.25) is 0 Å². The van der Waals surface area contributed by atoms with Crippen molar-refractivity contribution in [3.8, 4) is 5.75 Å². The number of piperidine rings is 1. The molecule has 1 aromatic rings. The van der Waals surface area contributed by atoms with E-state index in [0.717, 1.165) is 12.8 Å². The Bertz CT molecular complexity index is 632. The van der Waals surface area contributed by atoms with Crippen LogP contribution in [0.15, 0.2) is 24.3 Å². The molecule has 1 fully saturated rings. The van der Waals surface area contributed by atoms with Gasteiger partial charge in [-0.3, -0.25) is 14.4 Å². The highest BCUT2D eigenvalue weighted by Crippen LogP contribution is 2.17. The molecule has 0 spiro atoms. The Morgan fingerprint density at radius 3 is 2.76 bits per heavy atom. The van der Waals surface area contributed by atoms with Crippen molar-refractivity contribution in [2.75, 3.05) is 33.4 Å². The number of benzene rings is 1. The van der Waals surface area contributed by atoms with Gasteiger partial charge in [0.25, 0.3) is 11.8 Å². The fraction of sp³-hybridized carbons (Fsp3) is 0.500. The first-order valence-electron chi connectivity index (χ1n) is 8.36. The van der Waals surface area contributed by atoms with Crippen LogP contribution in [0.3, 0.4) is 0 Å². The SMILES string of the molecule is COc1ccccc1C(=O)NCC(=O)OCC(=O)N1CCC[C@H](C)C1. The minimum Gasteiger partial charge on any atom is -0.496 e. The topological polar surface area (TPSA) is 84.9 Å². The Balaban J connectivity index is 1.75. The predicted octanol–water partition coefficient (Wildman–Crippen LogP) is 1.23. The molecule has 1 aromatic carbocycles. The van der Waals surface area contributed by atoms with E-state index in [-0.39, 0.29) is 19.1 Å². The molecule has 1 aliphatic heterocycles. The monoisotopic (exact) mass is 348 g/mol. The molecule has 0 radical (unpaired) electrons. The number of carbonyl (C=O) groups excluding carboxylic acids is 3. The smallest absolute Gasteiger partial charge is 0.325 e. The number of nitrogens with one attached hydrogen (secondary N) is 1. The Morgan fingerprint density at radius 2 is 2.04 bits per heavy atom. The zero-order valence-corrected chi connectivity index (χ0v) is 14.6. The van der Waals surface area contributed by atoms with Gasteiger partial charge in [0.15, 0.2) is 6.61 Å². The van der Waals surface area contributed by atoms with Crippen LogP contribution in [0.4, 0.5) is 0 Å². The van der Waals surface area contributed by atoms with Gasteiger partial charge in [-0.15, -0.1) is 0 Å². The summed E-state index contributed by atoms with van der Waals surface area (Å²) in [6.07, 6.45) is 2.08. The Kier molecular flexibility index (Phi) is 6.80. The normalized spacial score (nSPS) is 16.9. The number of carbonyl (C=O) groups is 3. The van der Waals surface area contributed by atoms with Gasteiger partial charge < -0.3 is 19.7 Å². The third-order valence-corrected chi connectivity index (χ3v) is 4.11. The summed E-state index contributed by atoms with van der Waals surface area (Å²) in [5, 5.41) is 2.47. The summed E-state index contributed by atoms with van der Waals surface area (Å²) in [6, 6.07) is 6.71. The fourth-order valence-corrected chi connectivity index (χ4v) is 2.78. The molecule has 2 rings (SSSR count). The summed E-state index contributed by atoms with van der Waals surface area (Å²) in [5.74, 6) is -0.403. The van der Waals surface area contributed by atoms with Crippen molar-refractivity contribution in [3.63, 3.8) is 0 Å². The first-order valence-corrected chi connectivity index (χ1v) is 8.36. The number of rotatable bonds is 6. The van der Waals surface area contributed by atoms with Gasteiger partial charge in [-0.05, 0) is 30.9 Å². The van der Waals surface area contributed by atoms with E-state index in [9.17, 15) is 14.4 Å². The summed E-state index contributed by atoms with van der Waals surface area (Å²) in [6.45, 7) is 2.89. The lowest BCUT2D eigenvalue weighted by Crippen LogP contribution is -2.42. The summed E-state index contributed by atoms with van der Waals surface area (Å²) < 4.78 is 10.1. The van der Waals surface area contributed by atoms with Crippen molar-refractivity contribution >= 4 is 17.8 Å². The van der Waals surface area contributed by atoms with Crippen molar-refractivity contribution in [2.45, 2.75) is 19.8 Å². The van der Waals surface area contributed by atoms with Gasteiger partial charge in [0.05, 0.1) is 12.7 Å². The van der Waals surface area contributed by atoms with Crippen molar-refractivity contribution < 1.29 is 23.9 Å². The minimum absolute atomic E-state index is 0.198. The molecule has 2 amide bonds. The zero-order chi connectivity index (χ0) is 18.2. The molecule has 7 heteroatoms. The standard InChI is InChI=1S/C18H24N2O5/c1-13-6-5-9-20(11-13)16(21)12-25-17(22)10-19-18(23)14-7-3-4-8-15(14)24-2/h3-4,7-8,13H,5-6,9-12H2,1-2H3,(H,19,23)/t13-/m0/s1. The average molecular weight is 348 g/mol. The van der Waals surface area contributed by atoms with Gasteiger partial charge in [0.1, 0.15) is 12.3 Å². The number of hydrogen-bond donors (Lipinski definition) is 1. The lowest BCUT2D eigenvalue weighted by atomic mass is 10.0. The number of amides is 2. The van der Waals surface area contributed by atoms with E-state index in [1.165, 1.54) is 7.11 Å².